The Kier molecular flexibility index (Phi) is 5.33. The van der Waals surface area contributed by atoms with Crippen molar-refractivity contribution in [2.24, 2.45) is 5.84 Å². The van der Waals surface area contributed by atoms with E-state index in [4.69, 9.17) is 5.84 Å². The minimum absolute atomic E-state index is 0.124. The van der Waals surface area contributed by atoms with Gasteiger partial charge in [-0.1, -0.05) is 18.2 Å². The van der Waals surface area contributed by atoms with E-state index in [-0.39, 0.29) is 16.8 Å². The van der Waals surface area contributed by atoms with Crippen molar-refractivity contribution in [3.63, 3.8) is 0 Å². The summed E-state index contributed by atoms with van der Waals surface area (Å²) in [6, 6.07) is 12.5. The van der Waals surface area contributed by atoms with E-state index in [1.165, 1.54) is 29.0 Å². The number of benzene rings is 2. The van der Waals surface area contributed by atoms with Crippen LogP contribution in [-0.2, 0) is 6.18 Å². The standard InChI is InChI=1S/C21H15F3N6O2/c22-21(23,24)14-5-1-4-13(9-14)19(31)28-15-6-2-3-12(10-15)17-7-8-26-18-16(20(32)29-25)11-27-30(17)18/h1-11H,25H2,(H,28,31)(H,29,32). The van der Waals surface area contributed by atoms with Gasteiger partial charge in [0.15, 0.2) is 5.65 Å². The number of rotatable bonds is 4. The molecule has 0 spiro atoms. The second kappa shape index (κ2) is 8.12. The van der Waals surface area contributed by atoms with Gasteiger partial charge >= 0.3 is 6.18 Å². The monoisotopic (exact) mass is 440 g/mol. The van der Waals surface area contributed by atoms with Gasteiger partial charge in [-0.15, -0.1) is 0 Å². The minimum Gasteiger partial charge on any atom is -0.322 e. The first-order chi connectivity index (χ1) is 15.3. The number of carbonyl (C=O) groups is 2. The zero-order chi connectivity index (χ0) is 22.9. The number of alkyl halides is 3. The Morgan fingerprint density at radius 2 is 1.78 bits per heavy atom. The number of halogens is 3. The topological polar surface area (TPSA) is 114 Å². The van der Waals surface area contributed by atoms with Crippen LogP contribution in [0.3, 0.4) is 0 Å². The Morgan fingerprint density at radius 3 is 2.53 bits per heavy atom. The predicted molar refractivity (Wildman–Crippen MR) is 109 cm³/mol. The Labute approximate surface area is 178 Å². The third-order valence-corrected chi connectivity index (χ3v) is 4.65. The van der Waals surface area contributed by atoms with Crippen molar-refractivity contribution in [1.29, 1.82) is 0 Å². The highest BCUT2D eigenvalue weighted by Crippen LogP contribution is 2.30. The molecule has 2 amide bonds. The molecule has 0 radical (unpaired) electrons. The van der Waals surface area contributed by atoms with E-state index in [1.54, 1.807) is 30.3 Å². The number of nitrogens with zero attached hydrogens (tertiary/aromatic N) is 3. The second-order valence-corrected chi connectivity index (χ2v) is 6.71. The summed E-state index contributed by atoms with van der Waals surface area (Å²) in [5, 5.41) is 6.77. The van der Waals surface area contributed by atoms with Crippen LogP contribution in [0.1, 0.15) is 26.3 Å². The number of hydrazine groups is 1. The average molecular weight is 440 g/mol. The number of aromatic nitrogens is 3. The van der Waals surface area contributed by atoms with Gasteiger partial charge in [0.05, 0.1) is 17.5 Å². The molecule has 0 saturated carbocycles. The molecule has 0 aliphatic carbocycles. The Bertz CT molecular complexity index is 1330. The van der Waals surface area contributed by atoms with Crippen molar-refractivity contribution in [2.75, 3.05) is 5.32 Å². The number of nitrogens with two attached hydrogens (primary N) is 1. The van der Waals surface area contributed by atoms with Crippen molar-refractivity contribution in [2.45, 2.75) is 6.18 Å². The summed E-state index contributed by atoms with van der Waals surface area (Å²) in [5.41, 5.74) is 3.02. The lowest BCUT2D eigenvalue weighted by atomic mass is 10.1. The summed E-state index contributed by atoms with van der Waals surface area (Å²) in [4.78, 5) is 28.5. The maximum atomic E-state index is 12.9. The van der Waals surface area contributed by atoms with Crippen molar-refractivity contribution in [3.05, 3.63) is 83.7 Å². The highest BCUT2D eigenvalue weighted by Gasteiger charge is 2.30. The summed E-state index contributed by atoms with van der Waals surface area (Å²) in [7, 11) is 0. The van der Waals surface area contributed by atoms with Crippen molar-refractivity contribution in [3.8, 4) is 11.3 Å². The molecule has 0 saturated heterocycles. The number of nitrogens with one attached hydrogen (secondary N) is 2. The van der Waals surface area contributed by atoms with Crippen molar-refractivity contribution >= 4 is 23.1 Å². The molecule has 2 aromatic heterocycles. The van der Waals surface area contributed by atoms with Gasteiger partial charge in [0.1, 0.15) is 5.56 Å². The van der Waals surface area contributed by atoms with Crippen LogP contribution in [0.4, 0.5) is 18.9 Å². The van der Waals surface area contributed by atoms with E-state index in [1.807, 2.05) is 5.43 Å². The molecule has 4 rings (SSSR count). The third-order valence-electron chi connectivity index (χ3n) is 4.65. The van der Waals surface area contributed by atoms with Crippen molar-refractivity contribution < 1.29 is 22.8 Å². The SMILES string of the molecule is NNC(=O)c1cnn2c(-c3cccc(NC(=O)c4cccc(C(F)(F)F)c4)c3)ccnc12. The van der Waals surface area contributed by atoms with E-state index < -0.39 is 23.6 Å². The van der Waals surface area contributed by atoms with Crippen LogP contribution in [0.5, 0.6) is 0 Å². The van der Waals surface area contributed by atoms with E-state index in [2.05, 4.69) is 15.4 Å². The number of fused-ring (bicyclic) bond motifs is 1. The van der Waals surface area contributed by atoms with Gasteiger partial charge in [-0.2, -0.15) is 18.3 Å². The average Bonchev–Trinajstić information content (AvgIpc) is 3.22. The molecule has 2 heterocycles. The van der Waals surface area contributed by atoms with Gasteiger partial charge < -0.3 is 5.32 Å². The van der Waals surface area contributed by atoms with Crippen LogP contribution < -0.4 is 16.6 Å². The van der Waals surface area contributed by atoms with E-state index >= 15 is 0 Å². The third kappa shape index (κ3) is 4.01. The molecular formula is C21H15F3N6O2. The maximum Gasteiger partial charge on any atom is 0.416 e. The summed E-state index contributed by atoms with van der Waals surface area (Å²) < 4.78 is 40.2. The summed E-state index contributed by atoms with van der Waals surface area (Å²) >= 11 is 0. The molecular weight excluding hydrogens is 425 g/mol. The van der Waals surface area contributed by atoms with Crippen LogP contribution in [-0.4, -0.2) is 26.4 Å². The lowest BCUT2D eigenvalue weighted by Gasteiger charge is -2.11. The molecule has 11 heteroatoms. The van der Waals surface area contributed by atoms with Crippen molar-refractivity contribution in [1.82, 2.24) is 20.0 Å². The number of hydrogen-bond donors (Lipinski definition) is 3. The fourth-order valence-corrected chi connectivity index (χ4v) is 3.14. The maximum absolute atomic E-state index is 12.9. The second-order valence-electron chi connectivity index (χ2n) is 6.71. The first kappa shape index (κ1) is 21.0. The summed E-state index contributed by atoms with van der Waals surface area (Å²) in [5.74, 6) is 3.95. The molecule has 32 heavy (non-hydrogen) atoms. The van der Waals surface area contributed by atoms with Gasteiger partial charge in [0.2, 0.25) is 0 Å². The zero-order valence-corrected chi connectivity index (χ0v) is 16.2. The molecule has 0 bridgehead atoms. The highest BCUT2D eigenvalue weighted by molar-refractivity contribution is 6.04. The van der Waals surface area contributed by atoms with E-state index in [0.29, 0.717) is 16.9 Å². The Balaban J connectivity index is 1.65. The fourth-order valence-electron chi connectivity index (χ4n) is 3.14. The molecule has 8 nitrogen and oxygen atoms in total. The first-order valence-corrected chi connectivity index (χ1v) is 9.20. The van der Waals surface area contributed by atoms with E-state index in [0.717, 1.165) is 12.1 Å². The normalized spacial score (nSPS) is 11.4. The first-order valence-electron chi connectivity index (χ1n) is 9.20. The minimum atomic E-state index is -4.55. The molecule has 0 unspecified atom stereocenters. The van der Waals surface area contributed by atoms with E-state index in [9.17, 15) is 22.8 Å². The number of hydrogen-bond acceptors (Lipinski definition) is 5. The smallest absolute Gasteiger partial charge is 0.322 e. The number of amides is 2. The van der Waals surface area contributed by atoms with Gasteiger partial charge in [-0.3, -0.25) is 15.0 Å². The molecule has 4 N–H and O–H groups in total. The van der Waals surface area contributed by atoms with Crippen LogP contribution in [0.2, 0.25) is 0 Å². The lowest BCUT2D eigenvalue weighted by Crippen LogP contribution is -2.29. The lowest BCUT2D eigenvalue weighted by molar-refractivity contribution is -0.137. The van der Waals surface area contributed by atoms with Crippen LogP contribution in [0, 0.1) is 0 Å². The predicted octanol–water partition coefficient (Wildman–Crippen LogP) is 3.27. The van der Waals surface area contributed by atoms with Crippen LogP contribution >= 0.6 is 0 Å². The molecule has 0 aliphatic rings. The van der Waals surface area contributed by atoms with Gasteiger partial charge in [0, 0.05) is 23.0 Å². The van der Waals surface area contributed by atoms with Gasteiger partial charge in [-0.05, 0) is 36.4 Å². The molecule has 2 aromatic carbocycles. The quantitative estimate of drug-likeness (QED) is 0.256. The molecule has 0 aliphatic heterocycles. The van der Waals surface area contributed by atoms with Gasteiger partial charge in [0.25, 0.3) is 11.8 Å². The van der Waals surface area contributed by atoms with Crippen LogP contribution in [0.15, 0.2) is 67.0 Å². The summed E-state index contributed by atoms with van der Waals surface area (Å²) in [6.45, 7) is 0. The molecule has 0 fully saturated rings. The fraction of sp³-hybridized carbons (Fsp3) is 0.0476. The molecule has 4 aromatic rings. The highest BCUT2D eigenvalue weighted by atomic mass is 19.4. The number of nitrogen functional groups attached to an aromatic ring is 1. The zero-order valence-electron chi connectivity index (χ0n) is 16.2. The number of carbonyl (C=O) groups excluding carboxylic acids is 2. The Morgan fingerprint density at radius 1 is 1.00 bits per heavy atom. The summed E-state index contributed by atoms with van der Waals surface area (Å²) in [6.07, 6.45) is -1.73. The molecule has 0 atom stereocenters. The largest absolute Gasteiger partial charge is 0.416 e. The molecule has 162 valence electrons. The van der Waals surface area contributed by atoms with Gasteiger partial charge in [-0.25, -0.2) is 15.3 Å². The Hall–Kier alpha value is -4.25. The number of anilines is 1. The van der Waals surface area contributed by atoms with Crippen LogP contribution in [0.25, 0.3) is 16.9 Å².